The molecule has 74 valence electrons. The quantitative estimate of drug-likeness (QED) is 0.543. The van der Waals surface area contributed by atoms with Crippen molar-refractivity contribution in [3.8, 4) is 0 Å². The topological polar surface area (TPSA) is 21.3 Å². The summed E-state index contributed by atoms with van der Waals surface area (Å²) in [5.74, 6) is 0.672. The van der Waals surface area contributed by atoms with Crippen LogP contribution in [0.15, 0.2) is 23.9 Å². The Morgan fingerprint density at radius 1 is 1.69 bits per heavy atom. The van der Waals surface area contributed by atoms with E-state index in [1.807, 2.05) is 13.1 Å². The van der Waals surface area contributed by atoms with Gasteiger partial charge < -0.3 is 10.1 Å². The summed E-state index contributed by atoms with van der Waals surface area (Å²) in [7, 11) is 1.93. The van der Waals surface area contributed by atoms with Gasteiger partial charge in [0.05, 0.1) is 6.10 Å². The molecule has 1 atom stereocenters. The average Bonchev–Trinajstić information content (AvgIpc) is 2.19. The van der Waals surface area contributed by atoms with E-state index in [4.69, 9.17) is 16.3 Å². The van der Waals surface area contributed by atoms with Crippen LogP contribution in [0, 0.1) is 0 Å². The van der Waals surface area contributed by atoms with Crippen molar-refractivity contribution in [2.75, 3.05) is 19.5 Å². The molecule has 3 heteroatoms. The Morgan fingerprint density at radius 3 is 3.23 bits per heavy atom. The summed E-state index contributed by atoms with van der Waals surface area (Å²) in [6.45, 7) is 0.746. The van der Waals surface area contributed by atoms with Crippen molar-refractivity contribution in [2.24, 2.45) is 0 Å². The van der Waals surface area contributed by atoms with Crippen molar-refractivity contribution >= 4 is 11.6 Å². The van der Waals surface area contributed by atoms with Gasteiger partial charge >= 0.3 is 0 Å². The SMILES string of the molecule is CNC1=CC=CC(OCCCCl)C1. The van der Waals surface area contributed by atoms with Gasteiger partial charge in [-0.05, 0) is 12.5 Å². The number of allylic oxidation sites excluding steroid dienone is 2. The molecule has 0 aliphatic heterocycles. The summed E-state index contributed by atoms with van der Waals surface area (Å²) in [6, 6.07) is 0. The van der Waals surface area contributed by atoms with Crippen molar-refractivity contribution in [1.82, 2.24) is 5.32 Å². The highest BCUT2D eigenvalue weighted by Gasteiger charge is 2.09. The van der Waals surface area contributed by atoms with Crippen LogP contribution in [-0.4, -0.2) is 25.6 Å². The summed E-state index contributed by atoms with van der Waals surface area (Å²) in [6.07, 6.45) is 8.26. The molecular formula is C10H16ClNO. The van der Waals surface area contributed by atoms with E-state index in [0.717, 1.165) is 19.4 Å². The highest BCUT2D eigenvalue weighted by atomic mass is 35.5. The molecule has 0 amide bonds. The lowest BCUT2D eigenvalue weighted by Crippen LogP contribution is -2.19. The van der Waals surface area contributed by atoms with Gasteiger partial charge in [-0.1, -0.05) is 12.2 Å². The number of hydrogen-bond acceptors (Lipinski definition) is 2. The van der Waals surface area contributed by atoms with Gasteiger partial charge in [0.25, 0.3) is 0 Å². The van der Waals surface area contributed by atoms with Gasteiger partial charge in [-0.3, -0.25) is 0 Å². The summed E-state index contributed by atoms with van der Waals surface area (Å²) >= 11 is 5.55. The molecule has 1 unspecified atom stereocenters. The van der Waals surface area contributed by atoms with E-state index in [2.05, 4.69) is 17.5 Å². The van der Waals surface area contributed by atoms with Crippen molar-refractivity contribution < 1.29 is 4.74 Å². The Morgan fingerprint density at radius 2 is 2.54 bits per heavy atom. The zero-order valence-electron chi connectivity index (χ0n) is 7.92. The van der Waals surface area contributed by atoms with Gasteiger partial charge in [0.2, 0.25) is 0 Å². The molecule has 0 radical (unpaired) electrons. The molecule has 0 bridgehead atoms. The minimum Gasteiger partial charge on any atom is -0.391 e. The molecule has 0 saturated carbocycles. The van der Waals surface area contributed by atoms with E-state index in [0.29, 0.717) is 5.88 Å². The van der Waals surface area contributed by atoms with Crippen LogP contribution in [0.2, 0.25) is 0 Å². The predicted octanol–water partition coefficient (Wildman–Crippen LogP) is 2.06. The molecule has 1 N–H and O–H groups in total. The molecule has 13 heavy (non-hydrogen) atoms. The van der Waals surface area contributed by atoms with E-state index < -0.39 is 0 Å². The third-order valence-electron chi connectivity index (χ3n) is 1.98. The number of rotatable bonds is 5. The normalized spacial score (nSPS) is 21.4. The van der Waals surface area contributed by atoms with Crippen LogP contribution in [0.25, 0.3) is 0 Å². The molecule has 0 heterocycles. The first-order valence-electron chi connectivity index (χ1n) is 4.59. The lowest BCUT2D eigenvalue weighted by Gasteiger charge is -2.18. The van der Waals surface area contributed by atoms with Gasteiger partial charge in [-0.15, -0.1) is 11.6 Å². The maximum atomic E-state index is 5.60. The maximum Gasteiger partial charge on any atom is 0.0813 e. The molecule has 0 saturated heterocycles. The number of nitrogens with one attached hydrogen (secondary N) is 1. The van der Waals surface area contributed by atoms with Crippen molar-refractivity contribution in [2.45, 2.75) is 18.9 Å². The van der Waals surface area contributed by atoms with Gasteiger partial charge in [0, 0.05) is 31.7 Å². The number of hydrogen-bond donors (Lipinski definition) is 1. The summed E-state index contributed by atoms with van der Waals surface area (Å²) in [5.41, 5.74) is 1.22. The predicted molar refractivity (Wildman–Crippen MR) is 56.0 cm³/mol. The fourth-order valence-corrected chi connectivity index (χ4v) is 1.35. The zero-order valence-corrected chi connectivity index (χ0v) is 8.68. The smallest absolute Gasteiger partial charge is 0.0813 e. The van der Waals surface area contributed by atoms with Crippen LogP contribution in [0.4, 0.5) is 0 Å². The van der Waals surface area contributed by atoms with Crippen molar-refractivity contribution in [3.63, 3.8) is 0 Å². The summed E-state index contributed by atoms with van der Waals surface area (Å²) in [5, 5.41) is 3.13. The van der Waals surface area contributed by atoms with Gasteiger partial charge in [-0.2, -0.15) is 0 Å². The van der Waals surface area contributed by atoms with Crippen LogP contribution in [0.1, 0.15) is 12.8 Å². The fraction of sp³-hybridized carbons (Fsp3) is 0.600. The highest BCUT2D eigenvalue weighted by Crippen LogP contribution is 2.13. The summed E-state index contributed by atoms with van der Waals surface area (Å²) < 4.78 is 5.60. The Hall–Kier alpha value is -0.470. The van der Waals surface area contributed by atoms with E-state index in [9.17, 15) is 0 Å². The van der Waals surface area contributed by atoms with Gasteiger partial charge in [-0.25, -0.2) is 0 Å². The molecule has 0 aromatic rings. The molecule has 1 rings (SSSR count). The van der Waals surface area contributed by atoms with Crippen molar-refractivity contribution in [3.05, 3.63) is 23.9 Å². The molecule has 0 spiro atoms. The average molecular weight is 202 g/mol. The lowest BCUT2D eigenvalue weighted by molar-refractivity contribution is 0.0846. The van der Waals surface area contributed by atoms with Crippen LogP contribution >= 0.6 is 11.6 Å². The van der Waals surface area contributed by atoms with Gasteiger partial charge in [0.15, 0.2) is 0 Å². The Kier molecular flexibility index (Phi) is 4.94. The Balaban J connectivity index is 2.23. The molecule has 1 aliphatic carbocycles. The minimum absolute atomic E-state index is 0.218. The van der Waals surface area contributed by atoms with E-state index in [-0.39, 0.29) is 6.10 Å². The number of halogens is 1. The molecule has 0 fully saturated rings. The van der Waals surface area contributed by atoms with Crippen molar-refractivity contribution in [1.29, 1.82) is 0 Å². The number of ether oxygens (including phenoxy) is 1. The number of alkyl halides is 1. The standard InChI is InChI=1S/C10H16ClNO/c1-12-9-4-2-5-10(8-9)13-7-3-6-11/h2,4-5,10,12H,3,6-8H2,1H3. The monoisotopic (exact) mass is 201 g/mol. The van der Waals surface area contributed by atoms with Crippen LogP contribution in [0.3, 0.4) is 0 Å². The zero-order chi connectivity index (χ0) is 9.52. The van der Waals surface area contributed by atoms with E-state index in [1.165, 1.54) is 5.70 Å². The second-order valence-corrected chi connectivity index (χ2v) is 3.36. The van der Waals surface area contributed by atoms with Gasteiger partial charge in [0.1, 0.15) is 0 Å². The molecule has 0 aromatic carbocycles. The Bertz CT molecular complexity index is 201. The van der Waals surface area contributed by atoms with Crippen LogP contribution in [0.5, 0.6) is 0 Å². The second-order valence-electron chi connectivity index (χ2n) is 2.98. The molecular weight excluding hydrogens is 186 g/mol. The van der Waals surface area contributed by atoms with Crippen LogP contribution < -0.4 is 5.32 Å². The largest absolute Gasteiger partial charge is 0.391 e. The van der Waals surface area contributed by atoms with E-state index in [1.54, 1.807) is 0 Å². The molecule has 0 aromatic heterocycles. The highest BCUT2D eigenvalue weighted by molar-refractivity contribution is 6.17. The minimum atomic E-state index is 0.218. The summed E-state index contributed by atoms with van der Waals surface area (Å²) in [4.78, 5) is 0. The Labute approximate surface area is 84.6 Å². The maximum absolute atomic E-state index is 5.60. The first-order chi connectivity index (χ1) is 6.36. The fourth-order valence-electron chi connectivity index (χ4n) is 1.24. The van der Waals surface area contributed by atoms with Crippen LogP contribution in [-0.2, 0) is 4.74 Å². The lowest BCUT2D eigenvalue weighted by atomic mass is 10.1. The third kappa shape index (κ3) is 3.83. The second kappa shape index (κ2) is 6.06. The first-order valence-corrected chi connectivity index (χ1v) is 5.13. The third-order valence-corrected chi connectivity index (χ3v) is 2.24. The first kappa shape index (κ1) is 10.6. The molecule has 2 nitrogen and oxygen atoms in total. The molecule has 1 aliphatic rings. The van der Waals surface area contributed by atoms with E-state index >= 15 is 0 Å².